The van der Waals surface area contributed by atoms with E-state index in [4.69, 9.17) is 11.6 Å². The van der Waals surface area contributed by atoms with Crippen LogP contribution in [-0.4, -0.2) is 47.0 Å². The molecule has 1 aromatic rings. The fourth-order valence-electron chi connectivity index (χ4n) is 3.19. The van der Waals surface area contributed by atoms with E-state index in [0.717, 1.165) is 43.6 Å². The number of likely N-dealkylation sites (tertiary alicyclic amines) is 1. The van der Waals surface area contributed by atoms with Gasteiger partial charge in [-0.1, -0.05) is 23.8 Å². The summed E-state index contributed by atoms with van der Waals surface area (Å²) in [4.78, 5) is 16.8. The van der Waals surface area contributed by atoms with Crippen LogP contribution in [-0.2, 0) is 11.3 Å². The Bertz CT molecular complexity index is 595. The molecule has 132 valence electrons. The van der Waals surface area contributed by atoms with E-state index < -0.39 is 0 Å². The number of carbonyl (C=O) groups excluding carboxylic acids is 1. The van der Waals surface area contributed by atoms with Crippen LogP contribution in [0.25, 0.3) is 0 Å². The Kier molecular flexibility index (Phi) is 6.69. The number of rotatable bonds is 6. The number of piperidine rings is 1. The standard InChI is InChI=1S/C19H27ClN2O2/c1-4-22(12-14(2)3)19(24)15-7-9-21(10-8-15)13-16-11-17(20)5-6-18(16)23/h5-6,11,15,23H,2,4,7-10,12-13H2,1,3H3. The number of hydrogen-bond donors (Lipinski definition) is 1. The molecule has 1 aromatic carbocycles. The van der Waals surface area contributed by atoms with Gasteiger partial charge in [0.1, 0.15) is 5.75 Å². The van der Waals surface area contributed by atoms with Gasteiger partial charge in [0, 0.05) is 36.1 Å². The molecule has 1 saturated heterocycles. The molecule has 0 atom stereocenters. The van der Waals surface area contributed by atoms with Crippen molar-refractivity contribution in [3.63, 3.8) is 0 Å². The van der Waals surface area contributed by atoms with Crippen molar-refractivity contribution in [3.05, 3.63) is 40.9 Å². The van der Waals surface area contributed by atoms with Crippen LogP contribution in [0.4, 0.5) is 0 Å². The van der Waals surface area contributed by atoms with Crippen LogP contribution < -0.4 is 0 Å². The molecule has 0 radical (unpaired) electrons. The number of phenols is 1. The van der Waals surface area contributed by atoms with Gasteiger partial charge in [-0.3, -0.25) is 9.69 Å². The van der Waals surface area contributed by atoms with E-state index in [1.807, 2.05) is 18.7 Å². The second-order valence-electron chi connectivity index (χ2n) is 6.63. The lowest BCUT2D eigenvalue weighted by Gasteiger charge is -2.34. The number of benzene rings is 1. The molecule has 1 N–H and O–H groups in total. The summed E-state index contributed by atoms with van der Waals surface area (Å²) in [6.07, 6.45) is 1.71. The molecular weight excluding hydrogens is 324 g/mol. The zero-order valence-corrected chi connectivity index (χ0v) is 15.4. The molecule has 1 aliphatic heterocycles. The minimum Gasteiger partial charge on any atom is -0.508 e. The summed E-state index contributed by atoms with van der Waals surface area (Å²) in [5.74, 6) is 0.607. The van der Waals surface area contributed by atoms with Gasteiger partial charge in [-0.15, -0.1) is 0 Å². The van der Waals surface area contributed by atoms with Crippen LogP contribution in [0.3, 0.4) is 0 Å². The van der Waals surface area contributed by atoms with Crippen molar-refractivity contribution in [2.45, 2.75) is 33.2 Å². The largest absolute Gasteiger partial charge is 0.508 e. The molecule has 2 rings (SSSR count). The van der Waals surface area contributed by atoms with Crippen molar-refractivity contribution < 1.29 is 9.90 Å². The number of nitrogens with zero attached hydrogens (tertiary/aromatic N) is 2. The molecule has 0 bridgehead atoms. The molecule has 1 heterocycles. The van der Waals surface area contributed by atoms with E-state index in [-0.39, 0.29) is 17.6 Å². The summed E-state index contributed by atoms with van der Waals surface area (Å²) in [7, 11) is 0. The van der Waals surface area contributed by atoms with Crippen LogP contribution >= 0.6 is 11.6 Å². The summed E-state index contributed by atoms with van der Waals surface area (Å²) in [6, 6.07) is 5.12. The highest BCUT2D eigenvalue weighted by Crippen LogP contribution is 2.26. The Morgan fingerprint density at radius 2 is 2.08 bits per heavy atom. The maximum Gasteiger partial charge on any atom is 0.226 e. The molecule has 1 amide bonds. The second kappa shape index (κ2) is 8.54. The van der Waals surface area contributed by atoms with E-state index in [9.17, 15) is 9.90 Å². The van der Waals surface area contributed by atoms with E-state index in [1.165, 1.54) is 0 Å². The molecule has 1 fully saturated rings. The summed E-state index contributed by atoms with van der Waals surface area (Å²) in [6.45, 7) is 11.6. The Morgan fingerprint density at radius 3 is 2.67 bits per heavy atom. The van der Waals surface area contributed by atoms with Crippen molar-refractivity contribution in [2.24, 2.45) is 5.92 Å². The zero-order valence-electron chi connectivity index (χ0n) is 14.6. The first-order valence-electron chi connectivity index (χ1n) is 8.53. The van der Waals surface area contributed by atoms with Gasteiger partial charge in [0.05, 0.1) is 0 Å². The van der Waals surface area contributed by atoms with Gasteiger partial charge in [-0.2, -0.15) is 0 Å². The van der Waals surface area contributed by atoms with Crippen molar-refractivity contribution >= 4 is 17.5 Å². The van der Waals surface area contributed by atoms with Crippen molar-refractivity contribution in [2.75, 3.05) is 26.2 Å². The summed E-state index contributed by atoms with van der Waals surface area (Å²) in [5.41, 5.74) is 1.85. The Balaban J connectivity index is 1.90. The number of halogens is 1. The van der Waals surface area contributed by atoms with Gasteiger partial charge in [-0.25, -0.2) is 0 Å². The predicted molar refractivity (Wildman–Crippen MR) is 98.2 cm³/mol. The topological polar surface area (TPSA) is 43.8 Å². The molecule has 5 heteroatoms. The average molecular weight is 351 g/mol. The van der Waals surface area contributed by atoms with Gasteiger partial charge in [0.2, 0.25) is 5.91 Å². The molecule has 0 aromatic heterocycles. The molecule has 1 aliphatic rings. The summed E-state index contributed by atoms with van der Waals surface area (Å²) >= 11 is 6.00. The van der Waals surface area contributed by atoms with Crippen molar-refractivity contribution in [1.29, 1.82) is 0 Å². The first kappa shape index (κ1) is 18.8. The minimum atomic E-state index is 0.0912. The SMILES string of the molecule is C=C(C)CN(CC)C(=O)C1CCN(Cc2cc(Cl)ccc2O)CC1. The maximum atomic E-state index is 12.6. The Morgan fingerprint density at radius 1 is 1.42 bits per heavy atom. The first-order chi connectivity index (χ1) is 11.4. The molecule has 4 nitrogen and oxygen atoms in total. The number of likely N-dealkylation sites (N-methyl/N-ethyl adjacent to an activating group) is 1. The Hall–Kier alpha value is -1.52. The summed E-state index contributed by atoms with van der Waals surface area (Å²) in [5, 5.41) is 10.6. The Labute approximate surface area is 149 Å². The third-order valence-electron chi connectivity index (χ3n) is 4.53. The van der Waals surface area contributed by atoms with Crippen LogP contribution in [0.15, 0.2) is 30.4 Å². The van der Waals surface area contributed by atoms with E-state index in [0.29, 0.717) is 18.1 Å². The third-order valence-corrected chi connectivity index (χ3v) is 4.76. The number of amides is 1. The molecule has 0 spiro atoms. The maximum absolute atomic E-state index is 12.6. The van der Waals surface area contributed by atoms with Gasteiger partial charge in [0.15, 0.2) is 0 Å². The normalized spacial score (nSPS) is 16.1. The van der Waals surface area contributed by atoms with Crippen LogP contribution in [0.1, 0.15) is 32.3 Å². The van der Waals surface area contributed by atoms with E-state index >= 15 is 0 Å². The monoisotopic (exact) mass is 350 g/mol. The minimum absolute atomic E-state index is 0.0912. The lowest BCUT2D eigenvalue weighted by atomic mass is 9.94. The highest BCUT2D eigenvalue weighted by atomic mass is 35.5. The highest BCUT2D eigenvalue weighted by Gasteiger charge is 2.28. The van der Waals surface area contributed by atoms with Gasteiger partial charge < -0.3 is 10.0 Å². The fraction of sp³-hybridized carbons (Fsp3) is 0.526. The van der Waals surface area contributed by atoms with Crippen molar-refractivity contribution in [1.82, 2.24) is 9.80 Å². The molecule has 0 aliphatic carbocycles. The number of aromatic hydroxyl groups is 1. The van der Waals surface area contributed by atoms with Crippen LogP contribution in [0, 0.1) is 5.92 Å². The number of hydrogen-bond acceptors (Lipinski definition) is 3. The molecule has 24 heavy (non-hydrogen) atoms. The van der Waals surface area contributed by atoms with E-state index in [2.05, 4.69) is 11.5 Å². The van der Waals surface area contributed by atoms with Gasteiger partial charge >= 0.3 is 0 Å². The van der Waals surface area contributed by atoms with Crippen LogP contribution in [0.2, 0.25) is 5.02 Å². The fourth-order valence-corrected chi connectivity index (χ4v) is 3.38. The molecular formula is C19H27ClN2O2. The second-order valence-corrected chi connectivity index (χ2v) is 7.07. The lowest BCUT2D eigenvalue weighted by molar-refractivity contribution is -0.136. The van der Waals surface area contributed by atoms with Crippen LogP contribution in [0.5, 0.6) is 5.75 Å². The smallest absolute Gasteiger partial charge is 0.226 e. The van der Waals surface area contributed by atoms with E-state index in [1.54, 1.807) is 18.2 Å². The third kappa shape index (κ3) is 4.99. The number of carbonyl (C=O) groups is 1. The summed E-state index contributed by atoms with van der Waals surface area (Å²) < 4.78 is 0. The molecule has 0 saturated carbocycles. The first-order valence-corrected chi connectivity index (χ1v) is 8.91. The van der Waals surface area contributed by atoms with Gasteiger partial charge in [-0.05, 0) is 58.0 Å². The average Bonchev–Trinajstić information content (AvgIpc) is 2.56. The zero-order chi connectivity index (χ0) is 17.7. The molecule has 0 unspecified atom stereocenters. The quantitative estimate of drug-likeness (QED) is 0.796. The van der Waals surface area contributed by atoms with Gasteiger partial charge in [0.25, 0.3) is 0 Å². The van der Waals surface area contributed by atoms with Crippen molar-refractivity contribution in [3.8, 4) is 5.75 Å². The highest BCUT2D eigenvalue weighted by molar-refractivity contribution is 6.30. The lowest BCUT2D eigenvalue weighted by Crippen LogP contribution is -2.42. The number of phenolic OH excluding ortho intramolecular Hbond substituents is 1. The predicted octanol–water partition coefficient (Wildman–Crippen LogP) is 3.68.